The number of nitrogens with zero attached hydrogens (tertiary/aromatic N) is 3. The van der Waals surface area contributed by atoms with Crippen LogP contribution < -0.4 is 19.5 Å². The summed E-state index contributed by atoms with van der Waals surface area (Å²) >= 11 is 0. The summed E-state index contributed by atoms with van der Waals surface area (Å²) in [5.74, 6) is 0.841. The van der Waals surface area contributed by atoms with Crippen LogP contribution in [-0.2, 0) is 16.0 Å². The highest BCUT2D eigenvalue weighted by atomic mass is 19.1. The summed E-state index contributed by atoms with van der Waals surface area (Å²) in [6.07, 6.45) is 3.06. The lowest BCUT2D eigenvalue weighted by molar-refractivity contribution is -0.118. The molecule has 0 aliphatic carbocycles. The topological polar surface area (TPSA) is 102 Å². The van der Waals surface area contributed by atoms with Crippen molar-refractivity contribution in [1.29, 1.82) is 0 Å². The van der Waals surface area contributed by atoms with Crippen molar-refractivity contribution in [3.63, 3.8) is 0 Å². The first-order valence-corrected chi connectivity index (χ1v) is 15.0. The van der Waals surface area contributed by atoms with E-state index < -0.39 is 5.82 Å². The molecule has 0 bridgehead atoms. The van der Waals surface area contributed by atoms with Crippen molar-refractivity contribution < 1.29 is 32.9 Å². The maximum atomic E-state index is 15.4. The summed E-state index contributed by atoms with van der Waals surface area (Å²) in [7, 11) is 1.58. The number of carbonyl (C=O) groups excluding carboxylic acids is 2. The van der Waals surface area contributed by atoms with Gasteiger partial charge in [0.05, 0.1) is 32.4 Å². The molecule has 0 atom stereocenters. The molecule has 0 spiro atoms. The van der Waals surface area contributed by atoms with Gasteiger partial charge in [-0.15, -0.1) is 0 Å². The lowest BCUT2D eigenvalue weighted by Crippen LogP contribution is -2.37. The molecule has 3 amide bonds. The minimum atomic E-state index is -0.512. The molecule has 45 heavy (non-hydrogen) atoms. The maximum Gasteiger partial charge on any atom is 0.324 e. The van der Waals surface area contributed by atoms with E-state index >= 15 is 4.39 Å². The average molecular weight is 615 g/mol. The minimum absolute atomic E-state index is 0.0649. The molecule has 1 aromatic heterocycles. The summed E-state index contributed by atoms with van der Waals surface area (Å²) in [5, 5.41) is 2.95. The van der Waals surface area contributed by atoms with E-state index in [1.54, 1.807) is 37.6 Å². The number of benzene rings is 3. The number of urea groups is 1. The molecule has 2 aliphatic heterocycles. The highest BCUT2D eigenvalue weighted by Gasteiger charge is 2.26. The van der Waals surface area contributed by atoms with Crippen LogP contribution in [-0.4, -0.2) is 86.4 Å². The molecule has 6 rings (SSSR count). The molecule has 3 heterocycles. The average Bonchev–Trinajstić information content (AvgIpc) is 3.39. The number of fused-ring (bicyclic) bond motifs is 1. The van der Waals surface area contributed by atoms with Crippen LogP contribution >= 0.6 is 0 Å². The maximum absolute atomic E-state index is 15.4. The molecular weight excluding hydrogens is 579 g/mol. The van der Waals surface area contributed by atoms with Gasteiger partial charge in [0.15, 0.2) is 23.1 Å². The molecule has 3 aromatic carbocycles. The highest BCUT2D eigenvalue weighted by Crippen LogP contribution is 2.38. The number of methoxy groups -OCH3 is 1. The van der Waals surface area contributed by atoms with Gasteiger partial charge < -0.3 is 23.8 Å². The Kier molecular flexibility index (Phi) is 9.37. The third kappa shape index (κ3) is 7.33. The number of halogens is 1. The molecule has 0 unspecified atom stereocenters. The van der Waals surface area contributed by atoms with Gasteiger partial charge in [-0.05, 0) is 53.8 Å². The first-order chi connectivity index (χ1) is 22.0. The number of hydrogen-bond donors (Lipinski definition) is 1. The Morgan fingerprint density at radius 2 is 1.78 bits per heavy atom. The predicted molar refractivity (Wildman–Crippen MR) is 166 cm³/mol. The van der Waals surface area contributed by atoms with Crippen LogP contribution in [0.15, 0.2) is 66.9 Å². The van der Waals surface area contributed by atoms with Crippen LogP contribution in [0.4, 0.5) is 9.18 Å². The lowest BCUT2D eigenvalue weighted by atomic mass is 10.0. The summed E-state index contributed by atoms with van der Waals surface area (Å²) in [4.78, 5) is 31.6. The summed E-state index contributed by atoms with van der Waals surface area (Å²) in [6, 6.07) is 17.5. The van der Waals surface area contributed by atoms with Crippen LogP contribution in [0, 0.1) is 5.82 Å². The van der Waals surface area contributed by atoms with Gasteiger partial charge in [0.2, 0.25) is 5.91 Å². The van der Waals surface area contributed by atoms with Crippen molar-refractivity contribution in [2.24, 2.45) is 0 Å². The van der Waals surface area contributed by atoms with Gasteiger partial charge in [-0.25, -0.2) is 9.18 Å². The summed E-state index contributed by atoms with van der Waals surface area (Å²) in [5.41, 5.74) is 3.13. The van der Waals surface area contributed by atoms with E-state index in [2.05, 4.69) is 15.2 Å². The van der Waals surface area contributed by atoms with Crippen molar-refractivity contribution in [1.82, 2.24) is 20.1 Å². The fraction of sp³-hybridized carbons (Fsp3) is 0.324. The van der Waals surface area contributed by atoms with Gasteiger partial charge in [-0.3, -0.25) is 20.0 Å². The number of aromatic nitrogens is 1. The van der Waals surface area contributed by atoms with Crippen LogP contribution in [0.2, 0.25) is 0 Å². The third-order valence-electron chi connectivity index (χ3n) is 7.92. The Morgan fingerprint density at radius 1 is 0.933 bits per heavy atom. The number of morpholine rings is 1. The zero-order valence-corrected chi connectivity index (χ0v) is 25.1. The highest BCUT2D eigenvalue weighted by molar-refractivity contribution is 6.01. The molecule has 2 aliphatic rings. The minimum Gasteiger partial charge on any atom is -0.493 e. The first-order valence-electron chi connectivity index (χ1n) is 15.0. The molecule has 11 heteroatoms. The van der Waals surface area contributed by atoms with E-state index in [0.717, 1.165) is 50.4 Å². The van der Waals surface area contributed by atoms with Crippen molar-refractivity contribution in [3.8, 4) is 34.1 Å². The largest absolute Gasteiger partial charge is 0.493 e. The quantitative estimate of drug-likeness (QED) is 0.175. The number of rotatable bonds is 12. The molecule has 10 nitrogen and oxygen atoms in total. The summed E-state index contributed by atoms with van der Waals surface area (Å²) in [6.45, 7) is 5.37. The summed E-state index contributed by atoms with van der Waals surface area (Å²) < 4.78 is 38.5. The fourth-order valence-electron chi connectivity index (χ4n) is 5.50. The second kappa shape index (κ2) is 13.9. The number of ether oxygens (including phenoxy) is 4. The third-order valence-corrected chi connectivity index (χ3v) is 7.92. The number of amides is 3. The van der Waals surface area contributed by atoms with Crippen molar-refractivity contribution in [2.75, 3.05) is 59.7 Å². The second-order valence-electron chi connectivity index (χ2n) is 11.0. The van der Waals surface area contributed by atoms with Crippen molar-refractivity contribution in [2.45, 2.75) is 12.8 Å². The molecule has 1 N–H and O–H groups in total. The standard InChI is InChI=1S/C34H35FN4O6/c1-42-31-20-26-28(21-32(31)44-15-3-11-38-13-16-43-17-14-38)36-10-8-29(26)45-30-7-6-25(19-27(30)35)24-5-2-4-23(18-24)9-12-39-22-33(40)37-34(39)41/h2,4-8,10,18-21H,3,9,11-17,22H2,1H3,(H,37,40,41). The molecule has 2 fully saturated rings. The van der Waals surface area contributed by atoms with Crippen molar-refractivity contribution >= 4 is 22.8 Å². The van der Waals surface area contributed by atoms with Crippen molar-refractivity contribution in [3.05, 3.63) is 78.2 Å². The van der Waals surface area contributed by atoms with Gasteiger partial charge in [0.1, 0.15) is 12.3 Å². The Bertz CT molecular complexity index is 1690. The molecule has 0 saturated carbocycles. The Hall–Kier alpha value is -4.74. The molecule has 0 radical (unpaired) electrons. The predicted octanol–water partition coefficient (Wildman–Crippen LogP) is 5.04. The van der Waals surface area contributed by atoms with E-state index in [9.17, 15) is 9.59 Å². The smallest absolute Gasteiger partial charge is 0.324 e. The molecule has 234 valence electrons. The number of hydrogen-bond acceptors (Lipinski definition) is 8. The number of carbonyl (C=O) groups is 2. The van der Waals surface area contributed by atoms with E-state index in [1.165, 1.54) is 11.0 Å². The fourth-order valence-corrected chi connectivity index (χ4v) is 5.50. The zero-order chi connectivity index (χ0) is 31.2. The Labute approximate surface area is 260 Å². The van der Waals surface area contributed by atoms with Gasteiger partial charge >= 0.3 is 6.03 Å². The number of nitrogens with one attached hydrogen (secondary N) is 1. The zero-order valence-electron chi connectivity index (χ0n) is 25.1. The van der Waals surface area contributed by atoms with E-state index in [0.29, 0.717) is 53.3 Å². The van der Waals surface area contributed by atoms with E-state index in [-0.39, 0.29) is 24.2 Å². The van der Waals surface area contributed by atoms with Crippen LogP contribution in [0.3, 0.4) is 0 Å². The molecule has 4 aromatic rings. The van der Waals surface area contributed by atoms with Crippen LogP contribution in [0.25, 0.3) is 22.0 Å². The molecular formula is C34H35FN4O6. The molecule has 2 saturated heterocycles. The van der Waals surface area contributed by atoms with Gasteiger partial charge in [-0.2, -0.15) is 0 Å². The van der Waals surface area contributed by atoms with Gasteiger partial charge in [-0.1, -0.05) is 30.3 Å². The van der Waals surface area contributed by atoms with Crippen LogP contribution in [0.1, 0.15) is 12.0 Å². The van der Waals surface area contributed by atoms with Crippen LogP contribution in [0.5, 0.6) is 23.0 Å². The van der Waals surface area contributed by atoms with Gasteiger partial charge in [0, 0.05) is 43.8 Å². The second-order valence-corrected chi connectivity index (χ2v) is 11.0. The number of pyridine rings is 1. The van der Waals surface area contributed by atoms with E-state index in [1.807, 2.05) is 30.3 Å². The Morgan fingerprint density at radius 3 is 2.56 bits per heavy atom. The monoisotopic (exact) mass is 614 g/mol. The number of imide groups is 1. The van der Waals surface area contributed by atoms with Gasteiger partial charge in [0.25, 0.3) is 0 Å². The first kappa shape index (κ1) is 30.3. The SMILES string of the molecule is COc1cc2c(Oc3ccc(-c4cccc(CCN5CC(=O)NC5=O)c4)cc3F)ccnc2cc1OCCCN1CCOCC1. The Balaban J connectivity index is 1.13. The van der Waals surface area contributed by atoms with E-state index in [4.69, 9.17) is 18.9 Å². The normalized spacial score (nSPS) is 15.4. The lowest BCUT2D eigenvalue weighted by Gasteiger charge is -2.26.